The van der Waals surface area contributed by atoms with Crippen molar-refractivity contribution in [3.8, 4) is 39.6 Å². The van der Waals surface area contributed by atoms with Crippen LogP contribution in [-0.4, -0.2) is 69.2 Å². The number of nitrogens with one attached hydrogen (secondary N) is 3. The second-order valence-electron chi connectivity index (χ2n) is 15.7. The zero-order valence-corrected chi connectivity index (χ0v) is 37.3. The fourth-order valence-corrected chi connectivity index (χ4v) is 7.78. The number of carbonyl (C=O) groups excluding carboxylic acids is 2. The minimum Gasteiger partial charge on any atom is -0.488 e. The standard InChI is InChI=1S/C43H50ClN7O7S2/c1-9-20-47-35-32(22-45)34(33(23-46)37(50-35)60-25-30-24-59-36(49-30)28-11-15-29(44)16-12-28)27-13-17-31(18-14-27)56-26(2)43(38(52)53,51-40(55)58-42(6,7)8)19-10-21-48-39(54)57-41(3,4)5/h11-18,24,26H,9-10,19-21,25H2,1-8H3,(H,47,50)(H,48,54)(H,51,55)(H,52,53)/t26?,43-/m1/s1. The Labute approximate surface area is 364 Å². The summed E-state index contributed by atoms with van der Waals surface area (Å²) in [5.41, 5.74) is -0.615. The molecule has 0 radical (unpaired) electrons. The summed E-state index contributed by atoms with van der Waals surface area (Å²) < 4.78 is 16.9. The molecule has 2 heterocycles. The molecule has 2 amide bonds. The van der Waals surface area contributed by atoms with E-state index in [0.29, 0.717) is 39.3 Å². The van der Waals surface area contributed by atoms with E-state index in [0.717, 1.165) is 22.7 Å². The molecule has 318 valence electrons. The number of rotatable bonds is 17. The molecule has 0 bridgehead atoms. The van der Waals surface area contributed by atoms with Crippen LogP contribution in [0.2, 0.25) is 5.02 Å². The number of aliphatic carboxylic acids is 1. The first-order chi connectivity index (χ1) is 28.3. The number of alkyl carbamates (subject to hydrolysis) is 2. The molecule has 0 fully saturated rings. The molecule has 14 nitrogen and oxygen atoms in total. The van der Waals surface area contributed by atoms with Crippen molar-refractivity contribution in [1.29, 1.82) is 10.5 Å². The number of nitriles is 2. The van der Waals surface area contributed by atoms with Crippen LogP contribution in [0.25, 0.3) is 21.7 Å². The van der Waals surface area contributed by atoms with Crippen LogP contribution in [0, 0.1) is 22.7 Å². The number of pyridine rings is 1. The molecule has 0 aliphatic rings. The Morgan fingerprint density at radius 3 is 2.10 bits per heavy atom. The fourth-order valence-electron chi connectivity index (χ4n) is 5.85. The number of carboxylic acid groups (broad SMARTS) is 1. The number of thioether (sulfide) groups is 1. The third kappa shape index (κ3) is 13.0. The van der Waals surface area contributed by atoms with Gasteiger partial charge in [0.2, 0.25) is 0 Å². The van der Waals surface area contributed by atoms with E-state index in [1.165, 1.54) is 30.0 Å². The Morgan fingerprint density at radius 2 is 1.52 bits per heavy atom. The van der Waals surface area contributed by atoms with Gasteiger partial charge < -0.3 is 35.3 Å². The molecule has 0 spiro atoms. The van der Waals surface area contributed by atoms with Gasteiger partial charge in [0, 0.05) is 40.4 Å². The van der Waals surface area contributed by atoms with E-state index in [2.05, 4.69) is 28.1 Å². The van der Waals surface area contributed by atoms with Crippen LogP contribution in [0.3, 0.4) is 0 Å². The molecular weight excluding hydrogens is 826 g/mol. The van der Waals surface area contributed by atoms with E-state index < -0.39 is 41.0 Å². The van der Waals surface area contributed by atoms with Gasteiger partial charge in [-0.25, -0.2) is 24.4 Å². The van der Waals surface area contributed by atoms with Crippen molar-refractivity contribution in [3.05, 3.63) is 75.8 Å². The van der Waals surface area contributed by atoms with Gasteiger partial charge in [-0.05, 0) is 97.6 Å². The third-order valence-corrected chi connectivity index (χ3v) is 10.8. The van der Waals surface area contributed by atoms with Crippen molar-refractivity contribution >= 4 is 58.7 Å². The Morgan fingerprint density at radius 1 is 0.900 bits per heavy atom. The summed E-state index contributed by atoms with van der Waals surface area (Å²) in [5, 5.41) is 43.8. The lowest BCUT2D eigenvalue weighted by Crippen LogP contribution is -2.63. The molecule has 17 heteroatoms. The summed E-state index contributed by atoms with van der Waals surface area (Å²) in [6.07, 6.45) is -2.05. The molecule has 4 N–H and O–H groups in total. The van der Waals surface area contributed by atoms with Gasteiger partial charge in [-0.15, -0.1) is 11.3 Å². The highest BCUT2D eigenvalue weighted by Gasteiger charge is 2.47. The monoisotopic (exact) mass is 875 g/mol. The van der Waals surface area contributed by atoms with Gasteiger partial charge in [0.15, 0.2) is 5.54 Å². The van der Waals surface area contributed by atoms with Crippen LogP contribution in [0.4, 0.5) is 15.4 Å². The largest absolute Gasteiger partial charge is 0.488 e. The summed E-state index contributed by atoms with van der Waals surface area (Å²) in [6, 6.07) is 18.5. The maximum Gasteiger partial charge on any atom is 0.408 e. The molecule has 60 heavy (non-hydrogen) atoms. The molecule has 4 rings (SSSR count). The number of benzene rings is 2. The van der Waals surface area contributed by atoms with Crippen LogP contribution >= 0.6 is 34.7 Å². The van der Waals surface area contributed by atoms with Crippen molar-refractivity contribution in [2.45, 2.75) is 108 Å². The zero-order valence-electron chi connectivity index (χ0n) is 34.9. The second-order valence-corrected chi connectivity index (χ2v) is 18.0. The average Bonchev–Trinajstić information content (AvgIpc) is 3.65. The molecular formula is C43H50ClN7O7S2. The Hall–Kier alpha value is -5.55. The molecule has 0 saturated carbocycles. The molecule has 2 aromatic heterocycles. The summed E-state index contributed by atoms with van der Waals surface area (Å²) in [6.45, 7) is 14.2. The van der Waals surface area contributed by atoms with E-state index in [4.69, 9.17) is 35.8 Å². The fraction of sp³-hybridized carbons (Fsp3) is 0.419. The van der Waals surface area contributed by atoms with Gasteiger partial charge in [-0.1, -0.05) is 54.6 Å². The first-order valence-electron chi connectivity index (χ1n) is 19.2. The van der Waals surface area contributed by atoms with Gasteiger partial charge in [0.25, 0.3) is 0 Å². The minimum absolute atomic E-state index is 0.0549. The molecule has 4 aromatic rings. The quantitative estimate of drug-likeness (QED) is 0.0576. The van der Waals surface area contributed by atoms with Crippen LogP contribution in [-0.2, 0) is 20.0 Å². The molecule has 0 aliphatic heterocycles. The molecule has 2 aromatic carbocycles. The highest BCUT2D eigenvalue weighted by Crippen LogP contribution is 2.39. The number of nitrogens with zero attached hydrogens (tertiary/aromatic N) is 4. The summed E-state index contributed by atoms with van der Waals surface area (Å²) >= 11 is 8.89. The highest BCUT2D eigenvalue weighted by atomic mass is 35.5. The van der Waals surface area contributed by atoms with Crippen LogP contribution < -0.4 is 20.7 Å². The van der Waals surface area contributed by atoms with Gasteiger partial charge in [-0.3, -0.25) is 0 Å². The van der Waals surface area contributed by atoms with Gasteiger partial charge in [-0.2, -0.15) is 10.5 Å². The predicted octanol–water partition coefficient (Wildman–Crippen LogP) is 9.80. The van der Waals surface area contributed by atoms with Crippen molar-refractivity contribution in [3.63, 3.8) is 0 Å². The Kier molecular flexibility index (Phi) is 16.2. The van der Waals surface area contributed by atoms with E-state index in [9.17, 15) is 30.0 Å². The van der Waals surface area contributed by atoms with Gasteiger partial charge >= 0.3 is 18.2 Å². The Bertz CT molecular complexity index is 2220. The Balaban J connectivity index is 1.64. The highest BCUT2D eigenvalue weighted by molar-refractivity contribution is 7.98. The number of halogens is 1. The van der Waals surface area contributed by atoms with E-state index >= 15 is 0 Å². The molecule has 0 saturated heterocycles. The first kappa shape index (κ1) is 47.1. The number of ether oxygens (including phenoxy) is 3. The van der Waals surface area contributed by atoms with Crippen molar-refractivity contribution in [1.82, 2.24) is 20.6 Å². The normalized spacial score (nSPS) is 12.8. The number of carbonyl (C=O) groups is 3. The lowest BCUT2D eigenvalue weighted by Gasteiger charge is -2.36. The maximum atomic E-state index is 13.1. The van der Waals surface area contributed by atoms with Gasteiger partial charge in [0.1, 0.15) is 56.6 Å². The summed E-state index contributed by atoms with van der Waals surface area (Å²) in [7, 11) is 0. The smallest absolute Gasteiger partial charge is 0.408 e. The number of anilines is 1. The second kappa shape index (κ2) is 20.6. The average molecular weight is 877 g/mol. The van der Waals surface area contributed by atoms with Crippen LogP contribution in [0.15, 0.2) is 58.9 Å². The van der Waals surface area contributed by atoms with Crippen LogP contribution in [0.1, 0.15) is 91.5 Å². The van der Waals surface area contributed by atoms with Crippen molar-refractivity contribution in [2.24, 2.45) is 0 Å². The number of aromatic nitrogens is 2. The lowest BCUT2D eigenvalue weighted by atomic mass is 9.87. The number of hydrogen-bond acceptors (Lipinski definition) is 13. The summed E-state index contributed by atoms with van der Waals surface area (Å²) in [4.78, 5) is 47.9. The van der Waals surface area contributed by atoms with E-state index in [1.54, 1.807) is 65.8 Å². The maximum absolute atomic E-state index is 13.1. The van der Waals surface area contributed by atoms with E-state index in [-0.39, 0.29) is 36.3 Å². The van der Waals surface area contributed by atoms with E-state index in [1.807, 2.05) is 36.6 Å². The number of hydrogen-bond donors (Lipinski definition) is 4. The van der Waals surface area contributed by atoms with Crippen LogP contribution in [0.5, 0.6) is 5.75 Å². The molecule has 2 atom stereocenters. The zero-order chi connectivity index (χ0) is 44.3. The third-order valence-electron chi connectivity index (χ3n) is 8.60. The predicted molar refractivity (Wildman–Crippen MR) is 233 cm³/mol. The SMILES string of the molecule is CCCNc1nc(SCc2csc(-c3ccc(Cl)cc3)n2)c(C#N)c(-c2ccc(OC(C)[C@@](CCCNC(=O)OC(C)(C)C)(NC(=O)OC(C)(C)C)C(=O)O)cc2)c1C#N. The lowest BCUT2D eigenvalue weighted by molar-refractivity contribution is -0.149. The minimum atomic E-state index is -2.00. The molecule has 1 unspecified atom stereocenters. The first-order valence-corrected chi connectivity index (χ1v) is 21.5. The van der Waals surface area contributed by atoms with Crippen molar-refractivity contribution in [2.75, 3.05) is 18.4 Å². The number of carboxylic acids is 1. The van der Waals surface area contributed by atoms with Crippen molar-refractivity contribution < 1.29 is 33.7 Å². The number of amides is 2. The van der Waals surface area contributed by atoms with Gasteiger partial charge in [0.05, 0.1) is 11.3 Å². The topological polar surface area (TPSA) is 209 Å². The molecule has 0 aliphatic carbocycles. The number of thiazole rings is 1. The summed E-state index contributed by atoms with van der Waals surface area (Å²) in [5.74, 6) is -0.375.